The zero-order chi connectivity index (χ0) is 8.97. The summed E-state index contributed by atoms with van der Waals surface area (Å²) < 4.78 is 0. The predicted octanol–water partition coefficient (Wildman–Crippen LogP) is 2.81. The van der Waals surface area contributed by atoms with Crippen LogP contribution in [0.3, 0.4) is 0 Å². The maximum Gasteiger partial charge on any atom is 0.0118 e. The highest BCUT2D eigenvalue weighted by molar-refractivity contribution is 4.82. The topological polar surface area (TPSA) is 12.0 Å². The van der Waals surface area contributed by atoms with Crippen LogP contribution in [0.5, 0.6) is 0 Å². The van der Waals surface area contributed by atoms with Crippen molar-refractivity contribution in [3.63, 3.8) is 0 Å². The molecule has 1 N–H and O–H groups in total. The van der Waals surface area contributed by atoms with Gasteiger partial charge in [-0.1, -0.05) is 33.6 Å². The van der Waals surface area contributed by atoms with Gasteiger partial charge in [-0.2, -0.15) is 0 Å². The molecule has 0 saturated heterocycles. The first kappa shape index (κ1) is 10.0. The minimum atomic E-state index is 0.775. The third-order valence-electron chi connectivity index (χ3n) is 3.07. The van der Waals surface area contributed by atoms with Crippen molar-refractivity contribution in [1.29, 1.82) is 0 Å². The lowest BCUT2D eigenvalue weighted by atomic mass is 9.89. The Morgan fingerprint density at radius 1 is 1.25 bits per heavy atom. The van der Waals surface area contributed by atoms with E-state index >= 15 is 0 Å². The van der Waals surface area contributed by atoms with Crippen LogP contribution in [0.15, 0.2) is 0 Å². The molecule has 0 spiro atoms. The van der Waals surface area contributed by atoms with Crippen LogP contribution < -0.4 is 5.32 Å². The van der Waals surface area contributed by atoms with Gasteiger partial charge in [0, 0.05) is 6.04 Å². The fraction of sp³-hybridized carbons (Fsp3) is 1.00. The summed E-state index contributed by atoms with van der Waals surface area (Å²) in [6.07, 6.45) is 5.82. The average Bonchev–Trinajstić information content (AvgIpc) is 2.51. The monoisotopic (exact) mass is 169 g/mol. The molecule has 0 aromatic heterocycles. The molecule has 1 aliphatic carbocycles. The van der Waals surface area contributed by atoms with Crippen LogP contribution >= 0.6 is 0 Å². The van der Waals surface area contributed by atoms with E-state index in [0.717, 1.165) is 24.4 Å². The van der Waals surface area contributed by atoms with Crippen LogP contribution in [0, 0.1) is 11.8 Å². The Bertz CT molecular complexity index is 114. The number of rotatable bonds is 4. The molecule has 1 fully saturated rings. The summed E-state index contributed by atoms with van der Waals surface area (Å²) >= 11 is 0. The highest BCUT2D eigenvalue weighted by Gasteiger charge is 2.26. The molecule has 72 valence electrons. The van der Waals surface area contributed by atoms with E-state index in [-0.39, 0.29) is 0 Å². The molecule has 1 nitrogen and oxygen atoms in total. The van der Waals surface area contributed by atoms with Gasteiger partial charge in [0.2, 0.25) is 0 Å². The van der Waals surface area contributed by atoms with Gasteiger partial charge in [-0.15, -0.1) is 0 Å². The highest BCUT2D eigenvalue weighted by atomic mass is 14.9. The quantitative estimate of drug-likeness (QED) is 0.682. The third-order valence-corrected chi connectivity index (χ3v) is 3.07. The van der Waals surface area contributed by atoms with E-state index < -0.39 is 0 Å². The summed E-state index contributed by atoms with van der Waals surface area (Å²) in [6, 6.07) is 0.775. The molecule has 0 aromatic rings. The molecule has 1 heteroatoms. The van der Waals surface area contributed by atoms with Crippen molar-refractivity contribution >= 4 is 0 Å². The molecule has 0 bridgehead atoms. The predicted molar refractivity (Wildman–Crippen MR) is 54.3 cm³/mol. The Morgan fingerprint density at radius 2 is 1.83 bits per heavy atom. The molecular formula is C11H23N. The van der Waals surface area contributed by atoms with E-state index in [1.165, 1.54) is 25.7 Å². The van der Waals surface area contributed by atoms with Gasteiger partial charge in [0.1, 0.15) is 0 Å². The molecule has 0 amide bonds. The largest absolute Gasteiger partial charge is 0.314 e. The van der Waals surface area contributed by atoms with Crippen molar-refractivity contribution in [2.24, 2.45) is 11.8 Å². The molecule has 1 atom stereocenters. The Morgan fingerprint density at radius 3 is 2.25 bits per heavy atom. The van der Waals surface area contributed by atoms with Crippen LogP contribution in [0.25, 0.3) is 0 Å². The number of nitrogens with one attached hydrogen (secondary N) is 1. The lowest BCUT2D eigenvalue weighted by molar-refractivity contribution is 0.290. The van der Waals surface area contributed by atoms with E-state index in [2.05, 4.69) is 26.1 Å². The van der Waals surface area contributed by atoms with E-state index in [1.54, 1.807) is 0 Å². The molecule has 1 unspecified atom stereocenters. The van der Waals surface area contributed by atoms with E-state index in [1.807, 2.05) is 0 Å². The van der Waals surface area contributed by atoms with E-state index in [4.69, 9.17) is 0 Å². The van der Waals surface area contributed by atoms with Crippen LogP contribution in [0.2, 0.25) is 0 Å². The molecule has 0 aliphatic heterocycles. The molecule has 1 rings (SSSR count). The minimum Gasteiger partial charge on any atom is -0.314 e. The van der Waals surface area contributed by atoms with Crippen molar-refractivity contribution in [3.8, 4) is 0 Å². The third kappa shape index (κ3) is 2.48. The van der Waals surface area contributed by atoms with Gasteiger partial charge >= 0.3 is 0 Å². The van der Waals surface area contributed by atoms with Gasteiger partial charge < -0.3 is 5.32 Å². The molecule has 0 aromatic carbocycles. The normalized spacial score (nSPS) is 22.0. The van der Waals surface area contributed by atoms with Gasteiger partial charge in [0.25, 0.3) is 0 Å². The van der Waals surface area contributed by atoms with Crippen LogP contribution in [-0.2, 0) is 0 Å². The van der Waals surface area contributed by atoms with Crippen LogP contribution in [0.1, 0.15) is 46.5 Å². The van der Waals surface area contributed by atoms with E-state index in [0.29, 0.717) is 0 Å². The van der Waals surface area contributed by atoms with Gasteiger partial charge in [-0.05, 0) is 31.2 Å². The first-order valence-electron chi connectivity index (χ1n) is 5.49. The van der Waals surface area contributed by atoms with Gasteiger partial charge in [0.05, 0.1) is 0 Å². The molecular weight excluding hydrogens is 146 g/mol. The second kappa shape index (κ2) is 4.86. The van der Waals surface area contributed by atoms with Crippen molar-refractivity contribution in [2.45, 2.75) is 52.5 Å². The molecule has 1 aliphatic rings. The molecule has 0 radical (unpaired) electrons. The second-order valence-corrected chi connectivity index (χ2v) is 4.37. The lowest BCUT2D eigenvalue weighted by Gasteiger charge is -2.27. The summed E-state index contributed by atoms with van der Waals surface area (Å²) in [5, 5.41) is 3.62. The van der Waals surface area contributed by atoms with Crippen LogP contribution in [0.4, 0.5) is 0 Å². The Balaban J connectivity index is 2.40. The smallest absolute Gasteiger partial charge is 0.0118 e. The summed E-state index contributed by atoms with van der Waals surface area (Å²) in [6.45, 7) is 8.01. The Hall–Kier alpha value is -0.0400. The second-order valence-electron chi connectivity index (χ2n) is 4.37. The fourth-order valence-corrected chi connectivity index (χ4v) is 2.50. The van der Waals surface area contributed by atoms with Crippen molar-refractivity contribution in [2.75, 3.05) is 6.54 Å². The highest BCUT2D eigenvalue weighted by Crippen LogP contribution is 2.30. The fourth-order valence-electron chi connectivity index (χ4n) is 2.50. The SMILES string of the molecule is CCNC(C(C)C)C1CCCC1. The Labute approximate surface area is 76.9 Å². The first-order chi connectivity index (χ1) is 5.75. The number of hydrogen-bond donors (Lipinski definition) is 1. The molecule has 12 heavy (non-hydrogen) atoms. The van der Waals surface area contributed by atoms with Crippen molar-refractivity contribution in [3.05, 3.63) is 0 Å². The summed E-state index contributed by atoms with van der Waals surface area (Å²) in [7, 11) is 0. The summed E-state index contributed by atoms with van der Waals surface area (Å²) in [5.41, 5.74) is 0. The molecule has 1 saturated carbocycles. The van der Waals surface area contributed by atoms with E-state index in [9.17, 15) is 0 Å². The summed E-state index contributed by atoms with van der Waals surface area (Å²) in [4.78, 5) is 0. The molecule has 0 heterocycles. The van der Waals surface area contributed by atoms with Gasteiger partial charge in [0.15, 0.2) is 0 Å². The maximum atomic E-state index is 3.62. The minimum absolute atomic E-state index is 0.775. The zero-order valence-electron chi connectivity index (χ0n) is 8.77. The van der Waals surface area contributed by atoms with Crippen molar-refractivity contribution in [1.82, 2.24) is 5.32 Å². The zero-order valence-corrected chi connectivity index (χ0v) is 8.77. The maximum absolute atomic E-state index is 3.62. The Kier molecular flexibility index (Phi) is 4.07. The first-order valence-corrected chi connectivity index (χ1v) is 5.49. The van der Waals surface area contributed by atoms with Gasteiger partial charge in [-0.25, -0.2) is 0 Å². The summed E-state index contributed by atoms with van der Waals surface area (Å²) in [5.74, 6) is 1.76. The van der Waals surface area contributed by atoms with Gasteiger partial charge in [-0.3, -0.25) is 0 Å². The van der Waals surface area contributed by atoms with Crippen LogP contribution in [-0.4, -0.2) is 12.6 Å². The number of hydrogen-bond acceptors (Lipinski definition) is 1. The lowest BCUT2D eigenvalue weighted by Crippen LogP contribution is -2.39. The standard InChI is InChI=1S/C11H23N/c1-4-12-11(9(2)3)10-7-5-6-8-10/h9-12H,4-8H2,1-3H3. The average molecular weight is 169 g/mol. The van der Waals surface area contributed by atoms with Crippen molar-refractivity contribution < 1.29 is 0 Å².